The molecule has 1 fully saturated rings. The lowest BCUT2D eigenvalue weighted by Gasteiger charge is -2.31. The second-order valence-electron chi connectivity index (χ2n) is 6.21. The van der Waals surface area contributed by atoms with E-state index in [-0.39, 0.29) is 6.10 Å². The summed E-state index contributed by atoms with van der Waals surface area (Å²) in [4.78, 5) is 2.37. The van der Waals surface area contributed by atoms with Gasteiger partial charge in [0, 0.05) is 25.2 Å². The van der Waals surface area contributed by atoms with Crippen LogP contribution in [0, 0.1) is 19.8 Å². The second kappa shape index (κ2) is 7.25. The molecule has 0 aliphatic carbocycles. The van der Waals surface area contributed by atoms with E-state index in [1.807, 2.05) is 13.8 Å². The summed E-state index contributed by atoms with van der Waals surface area (Å²) in [5, 5.41) is 13.4. The quantitative estimate of drug-likeness (QED) is 0.837. The van der Waals surface area contributed by atoms with Crippen LogP contribution in [0.5, 0.6) is 0 Å². The molecular weight excluding hydrogens is 252 g/mol. The number of aryl methyl sites for hydroxylation is 2. The molecule has 20 heavy (non-hydrogen) atoms. The minimum atomic E-state index is -0.295. The number of hydrogen-bond acceptors (Lipinski definition) is 4. The molecule has 1 aromatic rings. The monoisotopic (exact) mass is 280 g/mol. The van der Waals surface area contributed by atoms with E-state index in [0.717, 1.165) is 43.6 Å². The van der Waals surface area contributed by atoms with Crippen molar-refractivity contribution in [2.75, 3.05) is 26.2 Å². The van der Waals surface area contributed by atoms with Crippen LogP contribution >= 0.6 is 0 Å². The molecule has 1 unspecified atom stereocenters. The van der Waals surface area contributed by atoms with Gasteiger partial charge in [-0.15, -0.1) is 0 Å². The number of piperidine rings is 1. The third-order valence-electron chi connectivity index (χ3n) is 4.18. The third kappa shape index (κ3) is 4.62. The first-order valence-electron chi connectivity index (χ1n) is 7.71. The number of aliphatic hydroxyl groups excluding tert-OH is 1. The summed E-state index contributed by atoms with van der Waals surface area (Å²) in [5.41, 5.74) is 1.18. The highest BCUT2D eigenvalue weighted by Crippen LogP contribution is 2.16. The van der Waals surface area contributed by atoms with Gasteiger partial charge in [0.25, 0.3) is 0 Å². The van der Waals surface area contributed by atoms with Crippen molar-refractivity contribution in [2.45, 2.75) is 46.3 Å². The highest BCUT2D eigenvalue weighted by molar-refractivity contribution is 5.19. The van der Waals surface area contributed by atoms with Gasteiger partial charge in [0.1, 0.15) is 11.5 Å². The number of β-amino-alcohol motifs (C(OH)–C–C–N with tert-alkyl or cyclic N) is 1. The van der Waals surface area contributed by atoms with Gasteiger partial charge in [0.05, 0.1) is 6.10 Å². The molecule has 0 aromatic carbocycles. The summed E-state index contributed by atoms with van der Waals surface area (Å²) in [5.74, 6) is 2.76. The molecule has 2 heterocycles. The van der Waals surface area contributed by atoms with Gasteiger partial charge in [0.15, 0.2) is 0 Å². The van der Waals surface area contributed by atoms with Crippen molar-refractivity contribution in [1.29, 1.82) is 0 Å². The molecule has 0 spiro atoms. The predicted molar refractivity (Wildman–Crippen MR) is 80.7 cm³/mol. The summed E-state index contributed by atoms with van der Waals surface area (Å²) in [7, 11) is 0. The molecule has 0 bridgehead atoms. The topological polar surface area (TPSA) is 48.6 Å². The standard InChI is InChI=1S/C16H28N2O2/c1-12-4-6-18(7-5-12)11-16(19)10-17-9-15-8-13(2)20-14(15)3/h8,12,16-17,19H,4-7,9-11H2,1-3H3. The minimum absolute atomic E-state index is 0.295. The summed E-state index contributed by atoms with van der Waals surface area (Å²) in [6.45, 7) is 10.7. The number of rotatable bonds is 6. The van der Waals surface area contributed by atoms with E-state index >= 15 is 0 Å². The molecule has 114 valence electrons. The molecule has 1 saturated heterocycles. The number of nitrogens with zero attached hydrogens (tertiary/aromatic N) is 1. The first-order chi connectivity index (χ1) is 9.54. The van der Waals surface area contributed by atoms with E-state index in [0.29, 0.717) is 6.54 Å². The number of aliphatic hydroxyl groups is 1. The van der Waals surface area contributed by atoms with Crippen LogP contribution < -0.4 is 5.32 Å². The Labute approximate surface area is 122 Å². The maximum absolute atomic E-state index is 10.1. The lowest BCUT2D eigenvalue weighted by Crippen LogP contribution is -2.41. The van der Waals surface area contributed by atoms with Crippen molar-refractivity contribution in [2.24, 2.45) is 5.92 Å². The highest BCUT2D eigenvalue weighted by Gasteiger charge is 2.18. The van der Waals surface area contributed by atoms with E-state index in [1.54, 1.807) is 0 Å². The molecule has 1 aromatic heterocycles. The predicted octanol–water partition coefficient (Wildman–Crippen LogP) is 2.08. The normalized spacial score (nSPS) is 19.4. The Morgan fingerprint density at radius 1 is 1.40 bits per heavy atom. The minimum Gasteiger partial charge on any atom is -0.466 e. The molecule has 1 atom stereocenters. The van der Waals surface area contributed by atoms with Crippen LogP contribution in [0.15, 0.2) is 10.5 Å². The average Bonchev–Trinajstić information content (AvgIpc) is 2.71. The molecule has 4 nitrogen and oxygen atoms in total. The molecule has 0 amide bonds. The fraction of sp³-hybridized carbons (Fsp3) is 0.750. The summed E-state index contributed by atoms with van der Waals surface area (Å²) >= 11 is 0. The Bertz CT molecular complexity index is 409. The van der Waals surface area contributed by atoms with Crippen LogP contribution in [0.25, 0.3) is 0 Å². The van der Waals surface area contributed by atoms with Gasteiger partial charge in [-0.25, -0.2) is 0 Å². The van der Waals surface area contributed by atoms with Crippen molar-refractivity contribution < 1.29 is 9.52 Å². The third-order valence-corrected chi connectivity index (χ3v) is 4.18. The SMILES string of the molecule is Cc1cc(CNCC(O)CN2CCC(C)CC2)c(C)o1. The van der Waals surface area contributed by atoms with Crippen molar-refractivity contribution in [1.82, 2.24) is 10.2 Å². The summed E-state index contributed by atoms with van der Waals surface area (Å²) in [6.07, 6.45) is 2.22. The maximum Gasteiger partial charge on any atom is 0.105 e. The van der Waals surface area contributed by atoms with Crippen molar-refractivity contribution >= 4 is 0 Å². The van der Waals surface area contributed by atoms with E-state index in [4.69, 9.17) is 4.42 Å². The molecule has 1 aliphatic rings. The van der Waals surface area contributed by atoms with Crippen LogP contribution in [0.4, 0.5) is 0 Å². The van der Waals surface area contributed by atoms with E-state index < -0.39 is 0 Å². The molecule has 1 aliphatic heterocycles. The van der Waals surface area contributed by atoms with Gasteiger partial charge in [-0.05, 0) is 51.8 Å². The van der Waals surface area contributed by atoms with Gasteiger partial charge in [0.2, 0.25) is 0 Å². The number of likely N-dealkylation sites (tertiary alicyclic amines) is 1. The molecule has 4 heteroatoms. The lowest BCUT2D eigenvalue weighted by molar-refractivity contribution is 0.0906. The molecular formula is C16H28N2O2. The molecule has 0 saturated carbocycles. The van der Waals surface area contributed by atoms with Gasteiger partial charge in [-0.2, -0.15) is 0 Å². The van der Waals surface area contributed by atoms with Crippen LogP contribution in [0.2, 0.25) is 0 Å². The van der Waals surface area contributed by atoms with Crippen LogP contribution in [-0.4, -0.2) is 42.3 Å². The van der Waals surface area contributed by atoms with Gasteiger partial charge >= 0.3 is 0 Å². The maximum atomic E-state index is 10.1. The molecule has 2 rings (SSSR count). The number of nitrogens with one attached hydrogen (secondary N) is 1. The fourth-order valence-electron chi connectivity index (χ4n) is 2.84. The van der Waals surface area contributed by atoms with Crippen molar-refractivity contribution in [3.63, 3.8) is 0 Å². The Hall–Kier alpha value is -0.840. The van der Waals surface area contributed by atoms with Crippen molar-refractivity contribution in [3.05, 3.63) is 23.2 Å². The average molecular weight is 280 g/mol. The fourth-order valence-corrected chi connectivity index (χ4v) is 2.84. The zero-order chi connectivity index (χ0) is 14.5. The van der Waals surface area contributed by atoms with Crippen LogP contribution in [0.3, 0.4) is 0 Å². The first-order valence-corrected chi connectivity index (χ1v) is 7.71. The Balaban J connectivity index is 1.65. The second-order valence-corrected chi connectivity index (χ2v) is 6.21. The van der Waals surface area contributed by atoms with E-state index in [2.05, 4.69) is 23.2 Å². The Morgan fingerprint density at radius 3 is 2.70 bits per heavy atom. The largest absolute Gasteiger partial charge is 0.466 e. The zero-order valence-electron chi connectivity index (χ0n) is 13.0. The van der Waals surface area contributed by atoms with Crippen LogP contribution in [0.1, 0.15) is 36.8 Å². The van der Waals surface area contributed by atoms with Gasteiger partial charge < -0.3 is 19.7 Å². The molecule has 2 N–H and O–H groups in total. The lowest BCUT2D eigenvalue weighted by atomic mass is 9.99. The molecule has 0 radical (unpaired) electrons. The summed E-state index contributed by atoms with van der Waals surface area (Å²) in [6, 6.07) is 2.06. The number of hydrogen-bond donors (Lipinski definition) is 2. The Morgan fingerprint density at radius 2 is 2.10 bits per heavy atom. The first kappa shape index (κ1) is 15.5. The zero-order valence-corrected chi connectivity index (χ0v) is 13.0. The van der Waals surface area contributed by atoms with Crippen molar-refractivity contribution in [3.8, 4) is 0 Å². The summed E-state index contributed by atoms with van der Waals surface area (Å²) < 4.78 is 5.49. The number of furan rings is 1. The van der Waals surface area contributed by atoms with Crippen LogP contribution in [-0.2, 0) is 6.54 Å². The smallest absolute Gasteiger partial charge is 0.105 e. The Kier molecular flexibility index (Phi) is 5.64. The van der Waals surface area contributed by atoms with E-state index in [1.165, 1.54) is 18.4 Å². The highest BCUT2D eigenvalue weighted by atomic mass is 16.3. The van der Waals surface area contributed by atoms with Gasteiger partial charge in [-0.3, -0.25) is 0 Å². The van der Waals surface area contributed by atoms with E-state index in [9.17, 15) is 5.11 Å². The van der Waals surface area contributed by atoms with Gasteiger partial charge in [-0.1, -0.05) is 6.92 Å².